The van der Waals surface area contributed by atoms with Gasteiger partial charge in [-0.1, -0.05) is 12.8 Å². The van der Waals surface area contributed by atoms with Crippen LogP contribution in [0.2, 0.25) is 0 Å². The summed E-state index contributed by atoms with van der Waals surface area (Å²) in [5, 5.41) is 9.52. The lowest BCUT2D eigenvalue weighted by atomic mass is 9.70. The van der Waals surface area contributed by atoms with Crippen molar-refractivity contribution in [1.82, 2.24) is 4.90 Å². The molecule has 0 radical (unpaired) electrons. The summed E-state index contributed by atoms with van der Waals surface area (Å²) < 4.78 is 5.40. The number of carboxylic acid groups (broad SMARTS) is 1. The van der Waals surface area contributed by atoms with Gasteiger partial charge in [-0.2, -0.15) is 0 Å². The van der Waals surface area contributed by atoms with Gasteiger partial charge < -0.3 is 9.84 Å². The quantitative estimate of drug-likeness (QED) is 0.793. The van der Waals surface area contributed by atoms with E-state index in [4.69, 9.17) is 4.74 Å². The van der Waals surface area contributed by atoms with Crippen molar-refractivity contribution in [2.24, 2.45) is 5.41 Å². The van der Waals surface area contributed by atoms with Gasteiger partial charge in [0.25, 0.3) is 0 Å². The molecule has 0 amide bonds. The molecule has 0 bridgehead atoms. The topological polar surface area (TPSA) is 49.8 Å². The van der Waals surface area contributed by atoms with E-state index in [1.807, 2.05) is 0 Å². The highest BCUT2D eigenvalue weighted by molar-refractivity contribution is 5.79. The van der Waals surface area contributed by atoms with E-state index < -0.39 is 11.5 Å². The van der Waals surface area contributed by atoms with Crippen LogP contribution < -0.4 is 0 Å². The number of hydrogen-bond acceptors (Lipinski definition) is 3. The van der Waals surface area contributed by atoms with Gasteiger partial charge in [0.05, 0.1) is 0 Å². The number of hydrogen-bond donors (Lipinski definition) is 1. The molecule has 17 heavy (non-hydrogen) atoms. The highest BCUT2D eigenvalue weighted by Crippen LogP contribution is 2.47. The Balaban J connectivity index is 1.68. The summed E-state index contributed by atoms with van der Waals surface area (Å²) in [6.07, 6.45) is 6.04. The molecular weight excluding hydrogens is 218 g/mol. The van der Waals surface area contributed by atoms with Crippen molar-refractivity contribution in [3.63, 3.8) is 0 Å². The minimum atomic E-state index is -0.600. The molecule has 0 aromatic heterocycles. The van der Waals surface area contributed by atoms with E-state index in [-0.39, 0.29) is 0 Å². The Morgan fingerprint density at radius 1 is 1.06 bits per heavy atom. The fourth-order valence-corrected chi connectivity index (χ4v) is 3.81. The zero-order valence-electron chi connectivity index (χ0n) is 10.3. The molecule has 0 aromatic carbocycles. The van der Waals surface area contributed by atoms with Gasteiger partial charge in [0, 0.05) is 31.7 Å². The molecule has 1 saturated carbocycles. The number of ether oxygens (including phenoxy) is 1. The van der Waals surface area contributed by atoms with Gasteiger partial charge in [0.1, 0.15) is 5.54 Å². The monoisotopic (exact) mass is 239 g/mol. The van der Waals surface area contributed by atoms with Crippen LogP contribution in [0, 0.1) is 5.41 Å². The molecule has 1 N–H and O–H groups in total. The zero-order chi connectivity index (χ0) is 11.9. The molecule has 2 saturated heterocycles. The molecule has 1 spiro atoms. The Kier molecular flexibility index (Phi) is 2.67. The van der Waals surface area contributed by atoms with Crippen molar-refractivity contribution >= 4 is 5.97 Å². The number of rotatable bonds is 2. The molecule has 2 heterocycles. The molecule has 0 aromatic rings. The summed E-state index contributed by atoms with van der Waals surface area (Å²) in [6, 6.07) is 0. The molecule has 0 unspecified atom stereocenters. The lowest BCUT2D eigenvalue weighted by Gasteiger charge is -2.57. The Morgan fingerprint density at radius 2 is 1.65 bits per heavy atom. The number of aliphatic carboxylic acids is 1. The van der Waals surface area contributed by atoms with E-state index in [1.54, 1.807) is 0 Å². The second kappa shape index (κ2) is 3.95. The van der Waals surface area contributed by atoms with Gasteiger partial charge in [-0.15, -0.1) is 0 Å². The predicted molar refractivity (Wildman–Crippen MR) is 62.9 cm³/mol. The molecule has 3 aliphatic rings. The Morgan fingerprint density at radius 3 is 2.18 bits per heavy atom. The maximum atomic E-state index is 11.6. The third-order valence-electron chi connectivity index (χ3n) is 5.04. The van der Waals surface area contributed by atoms with Gasteiger partial charge >= 0.3 is 5.97 Å². The molecule has 0 atom stereocenters. The number of carbonyl (C=O) groups is 1. The van der Waals surface area contributed by atoms with E-state index in [9.17, 15) is 9.90 Å². The van der Waals surface area contributed by atoms with Crippen LogP contribution in [-0.4, -0.2) is 47.8 Å². The molecule has 3 rings (SSSR count). The van der Waals surface area contributed by atoms with E-state index in [1.165, 1.54) is 0 Å². The van der Waals surface area contributed by atoms with E-state index >= 15 is 0 Å². The third-order valence-corrected chi connectivity index (χ3v) is 5.04. The minimum Gasteiger partial charge on any atom is -0.480 e. The summed E-state index contributed by atoms with van der Waals surface area (Å²) in [4.78, 5) is 13.8. The largest absolute Gasteiger partial charge is 0.480 e. The molecule has 2 aliphatic heterocycles. The highest BCUT2D eigenvalue weighted by atomic mass is 16.5. The van der Waals surface area contributed by atoms with Crippen LogP contribution in [0.4, 0.5) is 0 Å². The summed E-state index contributed by atoms with van der Waals surface area (Å²) in [6.45, 7) is 3.66. The van der Waals surface area contributed by atoms with Crippen LogP contribution in [-0.2, 0) is 9.53 Å². The van der Waals surface area contributed by atoms with Gasteiger partial charge in [0.15, 0.2) is 0 Å². The van der Waals surface area contributed by atoms with Crippen LogP contribution in [0.3, 0.4) is 0 Å². The second-order valence-corrected chi connectivity index (χ2v) is 6.01. The van der Waals surface area contributed by atoms with Crippen LogP contribution in [0.25, 0.3) is 0 Å². The van der Waals surface area contributed by atoms with Gasteiger partial charge in [-0.3, -0.25) is 9.69 Å². The number of likely N-dealkylation sites (tertiary alicyclic amines) is 1. The molecular formula is C13H21NO3. The van der Waals surface area contributed by atoms with Crippen molar-refractivity contribution in [2.75, 3.05) is 26.3 Å². The van der Waals surface area contributed by atoms with Gasteiger partial charge in [-0.05, 0) is 25.7 Å². The maximum Gasteiger partial charge on any atom is 0.324 e. The first-order chi connectivity index (χ1) is 8.17. The summed E-state index contributed by atoms with van der Waals surface area (Å²) in [5.41, 5.74) is -0.146. The number of carboxylic acids is 1. The fourth-order valence-electron chi connectivity index (χ4n) is 3.81. The lowest BCUT2D eigenvalue weighted by Crippen LogP contribution is -2.68. The molecule has 4 heteroatoms. The Labute approximate surface area is 102 Å². The smallest absolute Gasteiger partial charge is 0.324 e. The summed E-state index contributed by atoms with van der Waals surface area (Å²) in [5.74, 6) is -0.600. The van der Waals surface area contributed by atoms with E-state index in [0.717, 1.165) is 64.8 Å². The zero-order valence-corrected chi connectivity index (χ0v) is 10.3. The number of nitrogens with zero attached hydrogens (tertiary/aromatic N) is 1. The predicted octanol–water partition coefficient (Wildman–Crippen LogP) is 1.50. The Bertz CT molecular complexity index is 309. The summed E-state index contributed by atoms with van der Waals surface area (Å²) in [7, 11) is 0. The molecule has 4 nitrogen and oxygen atoms in total. The average molecular weight is 239 g/mol. The SMILES string of the molecule is O=C(O)C1(N2CC3(CCOCC3)C2)CCCC1. The maximum absolute atomic E-state index is 11.6. The van der Waals surface area contributed by atoms with Crippen molar-refractivity contribution in [3.8, 4) is 0 Å². The van der Waals surface area contributed by atoms with Crippen LogP contribution in [0.5, 0.6) is 0 Å². The van der Waals surface area contributed by atoms with Crippen LogP contribution in [0.1, 0.15) is 38.5 Å². The van der Waals surface area contributed by atoms with E-state index in [0.29, 0.717) is 5.41 Å². The Hall–Kier alpha value is -0.610. The van der Waals surface area contributed by atoms with Crippen LogP contribution >= 0.6 is 0 Å². The average Bonchev–Trinajstić information content (AvgIpc) is 2.77. The van der Waals surface area contributed by atoms with Gasteiger partial charge in [-0.25, -0.2) is 0 Å². The second-order valence-electron chi connectivity index (χ2n) is 6.01. The van der Waals surface area contributed by atoms with Crippen molar-refractivity contribution in [3.05, 3.63) is 0 Å². The van der Waals surface area contributed by atoms with Crippen molar-refractivity contribution < 1.29 is 14.6 Å². The first-order valence-corrected chi connectivity index (χ1v) is 6.73. The first-order valence-electron chi connectivity index (χ1n) is 6.73. The molecule has 3 fully saturated rings. The normalized spacial score (nSPS) is 31.3. The van der Waals surface area contributed by atoms with Crippen LogP contribution in [0.15, 0.2) is 0 Å². The van der Waals surface area contributed by atoms with E-state index in [2.05, 4.69) is 4.90 Å². The first kappa shape index (κ1) is 11.5. The standard InChI is InChI=1S/C13H21NO3/c15-11(16)13(3-1-2-4-13)14-9-12(10-14)5-7-17-8-6-12/h1-10H2,(H,15,16). The fraction of sp³-hybridized carbons (Fsp3) is 0.923. The highest BCUT2D eigenvalue weighted by Gasteiger charge is 2.55. The summed E-state index contributed by atoms with van der Waals surface area (Å²) >= 11 is 0. The minimum absolute atomic E-state index is 0.378. The van der Waals surface area contributed by atoms with Crippen molar-refractivity contribution in [1.29, 1.82) is 0 Å². The lowest BCUT2D eigenvalue weighted by molar-refractivity contribution is -0.169. The van der Waals surface area contributed by atoms with Crippen molar-refractivity contribution in [2.45, 2.75) is 44.1 Å². The molecule has 1 aliphatic carbocycles. The van der Waals surface area contributed by atoms with Gasteiger partial charge in [0.2, 0.25) is 0 Å². The third kappa shape index (κ3) is 1.69. The molecule has 96 valence electrons.